The number of primary amides is 1. The number of benzene rings is 1. The van der Waals surface area contributed by atoms with Gasteiger partial charge >= 0.3 is 6.03 Å². The molecule has 6 heteroatoms. The molecule has 0 aliphatic rings. The Bertz CT molecular complexity index is 588. The lowest BCUT2D eigenvalue weighted by Gasteiger charge is -2.08. The van der Waals surface area contributed by atoms with Crippen molar-refractivity contribution in [3.05, 3.63) is 41.0 Å². The van der Waals surface area contributed by atoms with Crippen LogP contribution in [-0.2, 0) is 6.54 Å². The second-order valence-electron chi connectivity index (χ2n) is 4.07. The van der Waals surface area contributed by atoms with Crippen LogP contribution in [0.15, 0.2) is 30.5 Å². The smallest absolute Gasteiger partial charge is 0.312 e. The molecule has 5 nitrogen and oxygen atoms in total. The SMILES string of the molecule is NC(=O)NCCNCc1ccc(Cl)c2cccnc12. The lowest BCUT2D eigenvalue weighted by atomic mass is 10.1. The highest BCUT2D eigenvalue weighted by atomic mass is 35.5. The molecule has 2 amide bonds. The van der Waals surface area contributed by atoms with Crippen molar-refractivity contribution in [1.29, 1.82) is 0 Å². The van der Waals surface area contributed by atoms with Gasteiger partial charge in [-0.1, -0.05) is 17.7 Å². The Kier molecular flexibility index (Phi) is 4.54. The van der Waals surface area contributed by atoms with E-state index in [1.807, 2.05) is 24.3 Å². The number of halogens is 1. The number of hydrogen-bond donors (Lipinski definition) is 3. The predicted octanol–water partition coefficient (Wildman–Crippen LogP) is 1.65. The first kappa shape index (κ1) is 13.6. The van der Waals surface area contributed by atoms with Gasteiger partial charge in [-0.3, -0.25) is 4.98 Å². The van der Waals surface area contributed by atoms with Gasteiger partial charge in [-0.25, -0.2) is 4.79 Å². The molecule has 0 saturated carbocycles. The van der Waals surface area contributed by atoms with E-state index in [9.17, 15) is 4.79 Å². The minimum absolute atomic E-state index is 0.494. The van der Waals surface area contributed by atoms with Crippen molar-refractivity contribution in [2.24, 2.45) is 5.73 Å². The van der Waals surface area contributed by atoms with E-state index in [4.69, 9.17) is 17.3 Å². The average Bonchev–Trinajstić information content (AvgIpc) is 2.41. The molecule has 1 aromatic heterocycles. The van der Waals surface area contributed by atoms with Gasteiger partial charge in [0.2, 0.25) is 0 Å². The van der Waals surface area contributed by atoms with E-state index < -0.39 is 6.03 Å². The maximum Gasteiger partial charge on any atom is 0.312 e. The number of nitrogens with two attached hydrogens (primary N) is 1. The summed E-state index contributed by atoms with van der Waals surface area (Å²) in [5.74, 6) is 0. The summed E-state index contributed by atoms with van der Waals surface area (Å²) in [5.41, 5.74) is 6.94. The Hall–Kier alpha value is -1.85. The van der Waals surface area contributed by atoms with E-state index in [1.54, 1.807) is 6.20 Å². The third-order valence-electron chi connectivity index (χ3n) is 2.72. The van der Waals surface area contributed by atoms with Crippen LogP contribution in [0.2, 0.25) is 5.02 Å². The monoisotopic (exact) mass is 278 g/mol. The van der Waals surface area contributed by atoms with Crippen LogP contribution in [0.3, 0.4) is 0 Å². The molecule has 100 valence electrons. The van der Waals surface area contributed by atoms with Gasteiger partial charge in [0.15, 0.2) is 0 Å². The molecule has 0 fully saturated rings. The number of fused-ring (bicyclic) bond motifs is 1. The molecule has 2 aromatic rings. The first-order valence-corrected chi connectivity index (χ1v) is 6.32. The molecule has 0 saturated heterocycles. The van der Waals surface area contributed by atoms with Crippen LogP contribution in [-0.4, -0.2) is 24.1 Å². The lowest BCUT2D eigenvalue weighted by Crippen LogP contribution is -2.35. The lowest BCUT2D eigenvalue weighted by molar-refractivity contribution is 0.249. The zero-order valence-electron chi connectivity index (χ0n) is 10.3. The molecule has 0 spiro atoms. The van der Waals surface area contributed by atoms with Crippen molar-refractivity contribution in [1.82, 2.24) is 15.6 Å². The van der Waals surface area contributed by atoms with Crippen LogP contribution in [0.25, 0.3) is 10.9 Å². The number of urea groups is 1. The minimum Gasteiger partial charge on any atom is -0.352 e. The Morgan fingerprint density at radius 2 is 2.16 bits per heavy atom. The van der Waals surface area contributed by atoms with Crippen molar-refractivity contribution in [2.45, 2.75) is 6.54 Å². The molecule has 0 bridgehead atoms. The molecule has 0 radical (unpaired) electrons. The first-order valence-electron chi connectivity index (χ1n) is 5.94. The molecule has 0 aliphatic heterocycles. The fourth-order valence-corrected chi connectivity index (χ4v) is 2.05. The third kappa shape index (κ3) is 3.56. The van der Waals surface area contributed by atoms with Crippen LogP contribution in [0, 0.1) is 0 Å². The summed E-state index contributed by atoms with van der Waals surface area (Å²) in [6, 6.07) is 7.11. The zero-order chi connectivity index (χ0) is 13.7. The molecule has 19 heavy (non-hydrogen) atoms. The Morgan fingerprint density at radius 3 is 2.95 bits per heavy atom. The Labute approximate surface area is 116 Å². The van der Waals surface area contributed by atoms with Gasteiger partial charge in [0.05, 0.1) is 5.52 Å². The van der Waals surface area contributed by atoms with E-state index in [2.05, 4.69) is 15.6 Å². The number of rotatable bonds is 5. The van der Waals surface area contributed by atoms with E-state index >= 15 is 0 Å². The van der Waals surface area contributed by atoms with Crippen molar-refractivity contribution in [3.63, 3.8) is 0 Å². The van der Waals surface area contributed by atoms with Gasteiger partial charge in [-0.15, -0.1) is 0 Å². The molecule has 0 unspecified atom stereocenters. The van der Waals surface area contributed by atoms with E-state index in [0.29, 0.717) is 24.7 Å². The van der Waals surface area contributed by atoms with Gasteiger partial charge in [-0.05, 0) is 23.8 Å². The highest BCUT2D eigenvalue weighted by Gasteiger charge is 2.05. The van der Waals surface area contributed by atoms with Crippen LogP contribution in [0.5, 0.6) is 0 Å². The van der Waals surface area contributed by atoms with Crippen LogP contribution in [0.4, 0.5) is 4.79 Å². The van der Waals surface area contributed by atoms with Crippen molar-refractivity contribution >= 4 is 28.5 Å². The van der Waals surface area contributed by atoms with Crippen molar-refractivity contribution in [2.75, 3.05) is 13.1 Å². The fraction of sp³-hybridized carbons (Fsp3) is 0.231. The number of pyridine rings is 1. The second-order valence-corrected chi connectivity index (χ2v) is 4.48. The first-order chi connectivity index (χ1) is 9.18. The van der Waals surface area contributed by atoms with E-state index in [0.717, 1.165) is 16.5 Å². The highest BCUT2D eigenvalue weighted by Crippen LogP contribution is 2.24. The molecular weight excluding hydrogens is 264 g/mol. The molecule has 0 atom stereocenters. The van der Waals surface area contributed by atoms with Crippen molar-refractivity contribution < 1.29 is 4.79 Å². The Balaban J connectivity index is 2.01. The number of amides is 2. The van der Waals surface area contributed by atoms with E-state index in [1.165, 1.54) is 0 Å². The number of aromatic nitrogens is 1. The van der Waals surface area contributed by atoms with Crippen LogP contribution < -0.4 is 16.4 Å². The zero-order valence-corrected chi connectivity index (χ0v) is 11.1. The summed E-state index contributed by atoms with van der Waals surface area (Å²) >= 11 is 6.13. The maximum atomic E-state index is 10.5. The summed E-state index contributed by atoms with van der Waals surface area (Å²) in [4.78, 5) is 14.9. The normalized spacial score (nSPS) is 10.6. The minimum atomic E-state index is -0.514. The summed E-state index contributed by atoms with van der Waals surface area (Å²) < 4.78 is 0. The van der Waals surface area contributed by atoms with Gasteiger partial charge in [0, 0.05) is 36.2 Å². The van der Waals surface area contributed by atoms with Gasteiger partial charge in [0.25, 0.3) is 0 Å². The molecular formula is C13H15ClN4O. The Morgan fingerprint density at radius 1 is 1.32 bits per heavy atom. The summed E-state index contributed by atoms with van der Waals surface area (Å²) in [5, 5.41) is 7.37. The number of nitrogens with one attached hydrogen (secondary N) is 2. The average molecular weight is 279 g/mol. The summed E-state index contributed by atoms with van der Waals surface area (Å²) in [6.45, 7) is 1.79. The van der Waals surface area contributed by atoms with Crippen LogP contribution >= 0.6 is 11.6 Å². The summed E-state index contributed by atoms with van der Waals surface area (Å²) in [7, 11) is 0. The molecule has 4 N–H and O–H groups in total. The molecule has 0 aliphatic carbocycles. The van der Waals surface area contributed by atoms with Crippen LogP contribution in [0.1, 0.15) is 5.56 Å². The molecule has 1 heterocycles. The second kappa shape index (κ2) is 6.36. The number of carbonyl (C=O) groups excluding carboxylic acids is 1. The van der Waals surface area contributed by atoms with Crippen molar-refractivity contribution in [3.8, 4) is 0 Å². The van der Waals surface area contributed by atoms with Gasteiger partial charge < -0.3 is 16.4 Å². The molecule has 1 aromatic carbocycles. The number of hydrogen-bond acceptors (Lipinski definition) is 3. The predicted molar refractivity (Wildman–Crippen MR) is 76.0 cm³/mol. The fourth-order valence-electron chi connectivity index (χ4n) is 1.84. The number of nitrogens with zero attached hydrogens (tertiary/aromatic N) is 1. The van der Waals surface area contributed by atoms with Gasteiger partial charge in [0.1, 0.15) is 0 Å². The summed E-state index contributed by atoms with van der Waals surface area (Å²) in [6.07, 6.45) is 1.75. The van der Waals surface area contributed by atoms with Gasteiger partial charge in [-0.2, -0.15) is 0 Å². The molecule has 2 rings (SSSR count). The standard InChI is InChI=1S/C13H15ClN4O/c14-11-4-3-9(8-16-6-7-18-13(15)19)12-10(11)2-1-5-17-12/h1-5,16H,6-8H2,(H3,15,18,19). The van der Waals surface area contributed by atoms with E-state index in [-0.39, 0.29) is 0 Å². The topological polar surface area (TPSA) is 80.0 Å². The quantitative estimate of drug-likeness (QED) is 0.728. The highest BCUT2D eigenvalue weighted by molar-refractivity contribution is 6.35. The maximum absolute atomic E-state index is 10.5. The number of carbonyl (C=O) groups is 1. The third-order valence-corrected chi connectivity index (χ3v) is 3.05. The largest absolute Gasteiger partial charge is 0.352 e.